The normalized spacial score (nSPS) is 13.6. The molecule has 1 aromatic rings. The first-order chi connectivity index (χ1) is 8.28. The van der Waals surface area contributed by atoms with Gasteiger partial charge in [-0.05, 0) is 40.2 Å². The highest BCUT2D eigenvalue weighted by Crippen LogP contribution is 2.18. The lowest BCUT2D eigenvalue weighted by molar-refractivity contribution is 0.0588. The van der Waals surface area contributed by atoms with E-state index in [0.717, 1.165) is 5.56 Å². The number of amides is 1. The second-order valence-corrected chi connectivity index (χ2v) is 5.28. The van der Waals surface area contributed by atoms with Crippen molar-refractivity contribution in [2.75, 3.05) is 0 Å². The molecule has 0 bridgehead atoms. The first-order valence-corrected chi connectivity index (χ1v) is 5.98. The Bertz CT molecular complexity index is 430. The second-order valence-electron chi connectivity index (χ2n) is 5.28. The Labute approximate surface area is 108 Å². The van der Waals surface area contributed by atoms with Crippen LogP contribution in [0.1, 0.15) is 44.9 Å². The van der Waals surface area contributed by atoms with E-state index in [2.05, 4.69) is 10.2 Å². The van der Waals surface area contributed by atoms with Crippen LogP contribution in [0.2, 0.25) is 0 Å². The van der Waals surface area contributed by atoms with Crippen LogP contribution >= 0.6 is 0 Å². The minimum Gasteiger partial charge on any atom is -0.441 e. The van der Waals surface area contributed by atoms with Crippen molar-refractivity contribution < 1.29 is 9.53 Å². The molecule has 1 rings (SSSR count). The molecule has 1 aromatic carbocycles. The van der Waals surface area contributed by atoms with E-state index in [-0.39, 0.29) is 6.04 Å². The third-order valence-electron chi connectivity index (χ3n) is 2.27. The molecule has 0 radical (unpaired) electrons. The molecule has 0 aromatic heterocycles. The molecule has 1 atom stereocenters. The van der Waals surface area contributed by atoms with Gasteiger partial charge in [-0.3, -0.25) is 0 Å². The third-order valence-corrected chi connectivity index (χ3v) is 2.27. The fourth-order valence-electron chi connectivity index (χ4n) is 1.33. The fourth-order valence-corrected chi connectivity index (χ4v) is 1.33. The summed E-state index contributed by atoms with van der Waals surface area (Å²) in [5.41, 5.74) is 1.67. The zero-order valence-corrected chi connectivity index (χ0v) is 11.6. The molecule has 0 fully saturated rings. The quantitative estimate of drug-likeness (QED) is 0.726. The van der Waals surface area contributed by atoms with Gasteiger partial charge < -0.3 is 4.74 Å². The van der Waals surface area contributed by atoms with Crippen molar-refractivity contribution in [2.24, 2.45) is 10.2 Å². The van der Waals surface area contributed by atoms with Crippen molar-refractivity contribution >= 4 is 6.09 Å². The Morgan fingerprint density at radius 3 is 2.28 bits per heavy atom. The van der Waals surface area contributed by atoms with E-state index in [1.807, 2.05) is 38.1 Å². The lowest BCUT2D eigenvalue weighted by Gasteiger charge is -2.16. The largest absolute Gasteiger partial charge is 0.452 e. The highest BCUT2D eigenvalue weighted by atomic mass is 16.6. The summed E-state index contributed by atoms with van der Waals surface area (Å²) in [5, 5.41) is 7.53. The lowest BCUT2D eigenvalue weighted by Crippen LogP contribution is -2.21. The summed E-state index contributed by atoms with van der Waals surface area (Å²) in [7, 11) is 0. The molecule has 0 N–H and O–H groups in total. The minimum atomic E-state index is -0.651. The predicted octanol–water partition coefficient (Wildman–Crippen LogP) is 4.44. The van der Waals surface area contributed by atoms with Gasteiger partial charge in [0.25, 0.3) is 0 Å². The molecule has 0 aliphatic heterocycles. The van der Waals surface area contributed by atoms with E-state index in [9.17, 15) is 4.79 Å². The SMILES string of the molecule is Cc1ccc([C@@H](C)N=NC(=O)OC(C)(C)C)cc1. The molecule has 0 aliphatic carbocycles. The highest BCUT2D eigenvalue weighted by Gasteiger charge is 2.15. The van der Waals surface area contributed by atoms with Crippen molar-refractivity contribution in [3.8, 4) is 0 Å². The van der Waals surface area contributed by atoms with Gasteiger partial charge in [0.1, 0.15) is 5.60 Å². The van der Waals surface area contributed by atoms with E-state index in [4.69, 9.17) is 4.74 Å². The zero-order chi connectivity index (χ0) is 13.8. The molecule has 98 valence electrons. The molecule has 1 amide bonds. The topological polar surface area (TPSA) is 51.0 Å². The Kier molecular flexibility index (Phi) is 4.59. The maximum absolute atomic E-state index is 11.4. The Balaban J connectivity index is 2.61. The van der Waals surface area contributed by atoms with Gasteiger partial charge in [-0.25, -0.2) is 4.79 Å². The molecule has 0 aliphatic rings. The molecule has 0 unspecified atom stereocenters. The summed E-state index contributed by atoms with van der Waals surface area (Å²) in [5.74, 6) is 0. The molecular weight excluding hydrogens is 228 g/mol. The van der Waals surface area contributed by atoms with Crippen LogP contribution in [-0.4, -0.2) is 11.7 Å². The summed E-state index contributed by atoms with van der Waals surface area (Å²) in [6.45, 7) is 9.30. The van der Waals surface area contributed by atoms with E-state index in [1.165, 1.54) is 5.56 Å². The molecule has 0 saturated heterocycles. The number of ether oxygens (including phenoxy) is 1. The summed E-state index contributed by atoms with van der Waals surface area (Å²) >= 11 is 0. The van der Waals surface area contributed by atoms with Crippen LogP contribution in [0, 0.1) is 6.92 Å². The van der Waals surface area contributed by atoms with Gasteiger partial charge in [0.05, 0.1) is 6.04 Å². The molecule has 18 heavy (non-hydrogen) atoms. The van der Waals surface area contributed by atoms with Crippen LogP contribution in [0.15, 0.2) is 34.5 Å². The first-order valence-electron chi connectivity index (χ1n) is 5.98. The van der Waals surface area contributed by atoms with E-state index >= 15 is 0 Å². The van der Waals surface area contributed by atoms with Crippen molar-refractivity contribution in [1.82, 2.24) is 0 Å². The molecule has 4 nitrogen and oxygen atoms in total. The number of aryl methyl sites for hydroxylation is 1. The van der Waals surface area contributed by atoms with Gasteiger partial charge in [-0.15, -0.1) is 0 Å². The van der Waals surface area contributed by atoms with Crippen molar-refractivity contribution in [2.45, 2.75) is 46.3 Å². The number of carbonyl (C=O) groups excluding carboxylic acids is 1. The monoisotopic (exact) mass is 248 g/mol. The number of carbonyl (C=O) groups is 1. The van der Waals surface area contributed by atoms with Gasteiger partial charge in [-0.1, -0.05) is 34.9 Å². The summed E-state index contributed by atoms with van der Waals surface area (Å²) < 4.78 is 5.04. The van der Waals surface area contributed by atoms with Crippen LogP contribution in [-0.2, 0) is 4.74 Å². The number of benzene rings is 1. The van der Waals surface area contributed by atoms with E-state index in [0.29, 0.717) is 0 Å². The maximum Gasteiger partial charge on any atom is 0.452 e. The first kappa shape index (κ1) is 14.4. The van der Waals surface area contributed by atoms with Crippen molar-refractivity contribution in [3.63, 3.8) is 0 Å². The van der Waals surface area contributed by atoms with Crippen LogP contribution < -0.4 is 0 Å². The lowest BCUT2D eigenvalue weighted by atomic mass is 10.1. The van der Waals surface area contributed by atoms with Crippen molar-refractivity contribution in [3.05, 3.63) is 35.4 Å². The van der Waals surface area contributed by atoms with Gasteiger partial charge >= 0.3 is 6.09 Å². The molecule has 0 saturated carbocycles. The Morgan fingerprint density at radius 1 is 1.22 bits per heavy atom. The van der Waals surface area contributed by atoms with E-state index in [1.54, 1.807) is 20.8 Å². The number of nitrogens with zero attached hydrogens (tertiary/aromatic N) is 2. The smallest absolute Gasteiger partial charge is 0.441 e. The average molecular weight is 248 g/mol. The van der Waals surface area contributed by atoms with Gasteiger partial charge in [0.2, 0.25) is 0 Å². The van der Waals surface area contributed by atoms with Crippen LogP contribution in [0.25, 0.3) is 0 Å². The average Bonchev–Trinajstić information content (AvgIpc) is 2.24. The molecule has 4 heteroatoms. The molecular formula is C14H20N2O2. The van der Waals surface area contributed by atoms with Gasteiger partial charge in [-0.2, -0.15) is 5.11 Å². The van der Waals surface area contributed by atoms with Gasteiger partial charge in [0, 0.05) is 0 Å². The summed E-state index contributed by atoms with van der Waals surface area (Å²) in [6.07, 6.45) is -0.651. The van der Waals surface area contributed by atoms with Crippen LogP contribution in [0.3, 0.4) is 0 Å². The number of azo groups is 1. The number of hydrogen-bond acceptors (Lipinski definition) is 3. The molecule has 0 heterocycles. The fraction of sp³-hybridized carbons (Fsp3) is 0.500. The summed E-state index contributed by atoms with van der Waals surface area (Å²) in [4.78, 5) is 11.4. The highest BCUT2D eigenvalue weighted by molar-refractivity contribution is 5.67. The number of hydrogen-bond donors (Lipinski definition) is 0. The van der Waals surface area contributed by atoms with Gasteiger partial charge in [0.15, 0.2) is 0 Å². The Morgan fingerprint density at radius 2 is 1.78 bits per heavy atom. The third kappa shape index (κ3) is 5.08. The van der Waals surface area contributed by atoms with Crippen LogP contribution in [0.4, 0.5) is 4.79 Å². The second kappa shape index (κ2) is 5.76. The van der Waals surface area contributed by atoms with E-state index < -0.39 is 11.7 Å². The Hall–Kier alpha value is -1.71. The zero-order valence-electron chi connectivity index (χ0n) is 11.6. The number of rotatable bonds is 2. The van der Waals surface area contributed by atoms with Crippen molar-refractivity contribution in [1.29, 1.82) is 0 Å². The van der Waals surface area contributed by atoms with Crippen LogP contribution in [0.5, 0.6) is 0 Å². The molecule has 0 spiro atoms. The maximum atomic E-state index is 11.4. The minimum absolute atomic E-state index is 0.155. The summed E-state index contributed by atoms with van der Waals surface area (Å²) in [6, 6.07) is 7.82. The predicted molar refractivity (Wildman–Crippen MR) is 70.7 cm³/mol. The standard InChI is InChI=1S/C14H20N2O2/c1-10-6-8-12(9-7-10)11(2)15-16-13(17)18-14(3,4)5/h6-9,11H,1-5H3/t11-/m1/s1.